The van der Waals surface area contributed by atoms with E-state index in [9.17, 15) is 4.79 Å². The second kappa shape index (κ2) is 16.0. The number of aromatic nitrogens is 1. The van der Waals surface area contributed by atoms with Gasteiger partial charge in [0, 0.05) is 56.2 Å². The number of carbonyl (C=O) groups is 1. The summed E-state index contributed by atoms with van der Waals surface area (Å²) in [6, 6.07) is 15.3. The highest BCUT2D eigenvalue weighted by atomic mass is 35.5. The molecule has 2 aromatic carbocycles. The summed E-state index contributed by atoms with van der Waals surface area (Å²) in [6.07, 6.45) is 15.3. The Balaban J connectivity index is 1.04. The van der Waals surface area contributed by atoms with Crippen LogP contribution in [0.4, 0.5) is 0 Å². The second-order valence-corrected chi connectivity index (χ2v) is 14.1. The average molecular weight is 682 g/mol. The molecule has 256 valence electrons. The van der Waals surface area contributed by atoms with Crippen molar-refractivity contribution in [1.82, 2.24) is 9.88 Å². The molecule has 2 saturated heterocycles. The first-order valence-electron chi connectivity index (χ1n) is 17.2. The maximum Gasteiger partial charge on any atom is 0.153 e. The van der Waals surface area contributed by atoms with Gasteiger partial charge in [0.25, 0.3) is 0 Å². The Kier molecular flexibility index (Phi) is 11.4. The van der Waals surface area contributed by atoms with Gasteiger partial charge >= 0.3 is 0 Å². The molecule has 49 heavy (non-hydrogen) atoms. The Hall–Kier alpha value is -4.16. The largest absolute Gasteiger partial charge is 0.494 e. The fourth-order valence-electron chi connectivity index (χ4n) is 7.12. The normalized spacial score (nSPS) is 21.6. The van der Waals surface area contributed by atoms with E-state index in [4.69, 9.17) is 35.8 Å². The second-order valence-electron chi connectivity index (χ2n) is 13.7. The van der Waals surface area contributed by atoms with Crippen LogP contribution in [-0.4, -0.2) is 61.7 Å². The highest BCUT2D eigenvalue weighted by Crippen LogP contribution is 2.45. The van der Waals surface area contributed by atoms with Crippen LogP contribution in [0, 0.1) is 28.6 Å². The molecule has 2 aliphatic heterocycles. The van der Waals surface area contributed by atoms with Gasteiger partial charge in [-0.2, -0.15) is 5.26 Å². The number of rotatable bonds is 13. The molecule has 8 nitrogen and oxygen atoms in total. The lowest BCUT2D eigenvalue weighted by molar-refractivity contribution is -0.0665. The first-order valence-corrected chi connectivity index (χ1v) is 17.6. The molecule has 2 fully saturated rings. The zero-order valence-electron chi connectivity index (χ0n) is 28.3. The van der Waals surface area contributed by atoms with Crippen LogP contribution in [-0.2, 0) is 11.3 Å². The maximum absolute atomic E-state index is 11.8. The van der Waals surface area contributed by atoms with Crippen molar-refractivity contribution in [1.29, 1.82) is 5.26 Å². The lowest BCUT2D eigenvalue weighted by Crippen LogP contribution is -2.46. The van der Waals surface area contributed by atoms with E-state index in [-0.39, 0.29) is 17.9 Å². The minimum atomic E-state index is -0.254. The van der Waals surface area contributed by atoms with E-state index in [1.54, 1.807) is 24.4 Å². The van der Waals surface area contributed by atoms with Crippen LogP contribution in [0.3, 0.4) is 0 Å². The van der Waals surface area contributed by atoms with Crippen LogP contribution in [0.15, 0.2) is 73.1 Å². The third kappa shape index (κ3) is 8.53. The van der Waals surface area contributed by atoms with E-state index >= 15 is 0 Å². The molecule has 3 atom stereocenters. The molecule has 6 rings (SSSR count). The molecule has 0 bridgehead atoms. The van der Waals surface area contributed by atoms with Crippen LogP contribution in [0.2, 0.25) is 5.02 Å². The molecule has 0 saturated carbocycles. The van der Waals surface area contributed by atoms with Crippen LogP contribution >= 0.6 is 11.6 Å². The molecule has 1 aromatic heterocycles. The number of nitrogens with zero attached hydrogens (tertiary/aromatic N) is 3. The highest BCUT2D eigenvalue weighted by molar-refractivity contribution is 6.32. The number of pyridine rings is 1. The molecule has 0 spiro atoms. The summed E-state index contributed by atoms with van der Waals surface area (Å²) in [6.45, 7) is 9.86. The number of aldehydes is 1. The van der Waals surface area contributed by atoms with Gasteiger partial charge in [-0.1, -0.05) is 55.8 Å². The van der Waals surface area contributed by atoms with Crippen molar-refractivity contribution >= 4 is 23.5 Å². The van der Waals surface area contributed by atoms with E-state index in [2.05, 4.69) is 66.2 Å². The van der Waals surface area contributed by atoms with Crippen LogP contribution in [0.25, 0.3) is 5.57 Å². The third-order valence-electron chi connectivity index (χ3n) is 9.99. The standard InChI is InChI=1S/C40H44ClN3O5/c1-40(2)33(27-49-39-20-38(32(25-45)19-36(39)41)48-26-29-17-28(21-42)22-43-23-29)9-4-11-35(40)30-7-3-10-34(18-30)46-16-6-13-44-14-12-37-31(24-44)8-5-15-47-37/h3-4,7,9-11,17-20,22-23,25,31,33,37H,5-6,8,12-16,24,26-27H2,1-2H3. The van der Waals surface area contributed by atoms with Gasteiger partial charge in [-0.3, -0.25) is 9.78 Å². The number of piperidine rings is 1. The van der Waals surface area contributed by atoms with Crippen molar-refractivity contribution in [2.45, 2.75) is 52.2 Å². The smallest absolute Gasteiger partial charge is 0.153 e. The molecule has 0 amide bonds. The zero-order chi connectivity index (χ0) is 34.2. The Morgan fingerprint density at radius 2 is 2.02 bits per heavy atom. The summed E-state index contributed by atoms with van der Waals surface area (Å²) >= 11 is 6.55. The molecule has 0 N–H and O–H groups in total. The number of benzene rings is 2. The van der Waals surface area contributed by atoms with Crippen molar-refractivity contribution in [3.63, 3.8) is 0 Å². The molecule has 3 heterocycles. The van der Waals surface area contributed by atoms with Crippen LogP contribution in [0.1, 0.15) is 66.6 Å². The molecular formula is C40H44ClN3O5. The average Bonchev–Trinajstić information content (AvgIpc) is 3.12. The summed E-state index contributed by atoms with van der Waals surface area (Å²) in [4.78, 5) is 18.5. The van der Waals surface area contributed by atoms with E-state index in [1.165, 1.54) is 24.6 Å². The number of carbonyl (C=O) groups excluding carboxylic acids is 1. The topological polar surface area (TPSA) is 93.9 Å². The molecule has 3 aromatic rings. The Morgan fingerprint density at radius 1 is 1.12 bits per heavy atom. The molecule has 0 radical (unpaired) electrons. The third-order valence-corrected chi connectivity index (χ3v) is 10.3. The van der Waals surface area contributed by atoms with Crippen molar-refractivity contribution < 1.29 is 23.7 Å². The number of likely N-dealkylation sites (tertiary alicyclic amines) is 1. The highest BCUT2D eigenvalue weighted by Gasteiger charge is 2.35. The number of halogens is 1. The lowest BCUT2D eigenvalue weighted by atomic mass is 9.68. The zero-order valence-corrected chi connectivity index (χ0v) is 29.0. The van der Waals surface area contributed by atoms with Crippen LogP contribution < -0.4 is 14.2 Å². The number of ether oxygens (including phenoxy) is 4. The number of allylic oxidation sites excluding steroid dienone is 3. The first-order chi connectivity index (χ1) is 23.8. The minimum Gasteiger partial charge on any atom is -0.494 e. The van der Waals surface area contributed by atoms with Gasteiger partial charge in [0.05, 0.1) is 35.5 Å². The molecular weight excluding hydrogens is 638 g/mol. The summed E-state index contributed by atoms with van der Waals surface area (Å²) in [5.41, 5.74) is 3.52. The predicted octanol–water partition coefficient (Wildman–Crippen LogP) is 7.94. The van der Waals surface area contributed by atoms with Crippen molar-refractivity contribution in [2.75, 3.05) is 39.5 Å². The quantitative estimate of drug-likeness (QED) is 0.133. The Labute approximate surface area is 294 Å². The summed E-state index contributed by atoms with van der Waals surface area (Å²) in [5, 5.41) is 9.50. The number of nitriles is 1. The van der Waals surface area contributed by atoms with Gasteiger partial charge in [-0.05, 0) is 72.4 Å². The van der Waals surface area contributed by atoms with Crippen LogP contribution in [0.5, 0.6) is 17.2 Å². The maximum atomic E-state index is 11.8. The first kappa shape index (κ1) is 34.7. The SMILES string of the molecule is CC1(C)C(c2cccc(OCCCN3CCC4OCCCC4C3)c2)=CC=CC1COc1cc(OCc2cncc(C#N)c2)c(C=O)cc1Cl. The van der Waals surface area contributed by atoms with E-state index in [1.807, 2.05) is 6.07 Å². The van der Waals surface area contributed by atoms with E-state index in [0.29, 0.717) is 64.7 Å². The summed E-state index contributed by atoms with van der Waals surface area (Å²) in [5.74, 6) is 2.38. The molecule has 3 aliphatic rings. The van der Waals surface area contributed by atoms with Gasteiger partial charge in [0.2, 0.25) is 0 Å². The van der Waals surface area contributed by atoms with Gasteiger partial charge in [-0.15, -0.1) is 0 Å². The lowest BCUT2D eigenvalue weighted by Gasteiger charge is -2.41. The van der Waals surface area contributed by atoms with E-state index in [0.717, 1.165) is 50.4 Å². The number of fused-ring (bicyclic) bond motifs is 1. The monoisotopic (exact) mass is 681 g/mol. The van der Waals surface area contributed by atoms with Gasteiger partial charge in [0.15, 0.2) is 6.29 Å². The Bertz CT molecular complexity index is 1730. The fourth-order valence-corrected chi connectivity index (χ4v) is 7.34. The molecule has 3 unspecified atom stereocenters. The predicted molar refractivity (Wildman–Crippen MR) is 190 cm³/mol. The molecule has 9 heteroatoms. The number of hydrogen-bond donors (Lipinski definition) is 0. The molecule has 1 aliphatic carbocycles. The van der Waals surface area contributed by atoms with Gasteiger partial charge < -0.3 is 23.8 Å². The van der Waals surface area contributed by atoms with Crippen molar-refractivity contribution in [3.8, 4) is 23.3 Å². The number of hydrogen-bond acceptors (Lipinski definition) is 8. The Morgan fingerprint density at radius 3 is 2.88 bits per heavy atom. The van der Waals surface area contributed by atoms with Gasteiger partial charge in [-0.25, -0.2) is 0 Å². The van der Waals surface area contributed by atoms with E-state index < -0.39 is 0 Å². The fraction of sp³-hybridized carbons (Fsp3) is 0.425. The van der Waals surface area contributed by atoms with Crippen molar-refractivity contribution in [2.24, 2.45) is 17.3 Å². The summed E-state index contributed by atoms with van der Waals surface area (Å²) < 4.78 is 24.5. The minimum absolute atomic E-state index is 0.0433. The van der Waals surface area contributed by atoms with Gasteiger partial charge in [0.1, 0.15) is 29.9 Å². The van der Waals surface area contributed by atoms with Crippen molar-refractivity contribution in [3.05, 3.63) is 100 Å². The summed E-state index contributed by atoms with van der Waals surface area (Å²) in [7, 11) is 0.